The highest BCUT2D eigenvalue weighted by atomic mass is 35.5. The van der Waals surface area contributed by atoms with Crippen molar-refractivity contribution in [2.45, 2.75) is 0 Å². The zero-order valence-corrected chi connectivity index (χ0v) is 14.7. The van der Waals surface area contributed by atoms with Gasteiger partial charge < -0.3 is 15.1 Å². The summed E-state index contributed by atoms with van der Waals surface area (Å²) in [6, 6.07) is 6.79. The maximum atomic E-state index is 13.7. The summed E-state index contributed by atoms with van der Waals surface area (Å²) in [7, 11) is 0. The van der Waals surface area contributed by atoms with Crippen molar-refractivity contribution in [3.63, 3.8) is 0 Å². The highest BCUT2D eigenvalue weighted by Crippen LogP contribution is 2.31. The van der Waals surface area contributed by atoms with Crippen molar-refractivity contribution >= 4 is 34.7 Å². The summed E-state index contributed by atoms with van der Waals surface area (Å²) in [5.41, 5.74) is 0.208. The van der Waals surface area contributed by atoms with E-state index in [1.807, 2.05) is 0 Å². The first-order valence-electron chi connectivity index (χ1n) is 8.05. The standard InChI is InChI=1S/C17H15ClF2N4O3/c18-11-1-4-15(16(9-11)24(26)27)22-5-7-23(8-6-22)17(25)21-14-3-2-12(19)10-13(14)20/h1-4,9-10H,5-8H2,(H,21,25). The molecule has 27 heavy (non-hydrogen) atoms. The molecule has 1 heterocycles. The van der Waals surface area contributed by atoms with Crippen molar-refractivity contribution in [3.05, 3.63) is 63.2 Å². The fourth-order valence-corrected chi connectivity index (χ4v) is 3.01. The van der Waals surface area contributed by atoms with Crippen LogP contribution in [0.2, 0.25) is 5.02 Å². The van der Waals surface area contributed by atoms with Crippen molar-refractivity contribution in [2.24, 2.45) is 0 Å². The van der Waals surface area contributed by atoms with E-state index < -0.39 is 22.6 Å². The van der Waals surface area contributed by atoms with Gasteiger partial charge in [0, 0.05) is 43.3 Å². The minimum absolute atomic E-state index is 0.103. The van der Waals surface area contributed by atoms with Gasteiger partial charge >= 0.3 is 6.03 Å². The van der Waals surface area contributed by atoms with Crippen LogP contribution < -0.4 is 10.2 Å². The first kappa shape index (κ1) is 18.8. The summed E-state index contributed by atoms with van der Waals surface area (Å²) in [6.07, 6.45) is 0. The average Bonchev–Trinajstić information content (AvgIpc) is 2.64. The molecule has 142 valence electrons. The molecule has 0 saturated carbocycles. The van der Waals surface area contributed by atoms with Crippen LogP contribution in [0, 0.1) is 21.7 Å². The summed E-state index contributed by atoms with van der Waals surface area (Å²) >= 11 is 5.83. The Bertz CT molecular complexity index is 888. The number of nitrogens with one attached hydrogen (secondary N) is 1. The van der Waals surface area contributed by atoms with E-state index in [2.05, 4.69) is 5.32 Å². The smallest absolute Gasteiger partial charge is 0.322 e. The molecule has 2 amide bonds. The number of carbonyl (C=O) groups excluding carboxylic acids is 1. The van der Waals surface area contributed by atoms with Crippen LogP contribution in [-0.4, -0.2) is 42.0 Å². The van der Waals surface area contributed by atoms with Gasteiger partial charge in [-0.25, -0.2) is 13.6 Å². The van der Waals surface area contributed by atoms with Crippen LogP contribution in [0.25, 0.3) is 0 Å². The molecule has 2 aromatic rings. The summed E-state index contributed by atoms with van der Waals surface area (Å²) in [6.45, 7) is 1.30. The molecule has 3 rings (SSSR count). The average molecular weight is 397 g/mol. The second-order valence-corrected chi connectivity index (χ2v) is 6.35. The predicted molar refractivity (Wildman–Crippen MR) is 97.3 cm³/mol. The molecule has 0 radical (unpaired) electrons. The van der Waals surface area contributed by atoms with E-state index in [0.29, 0.717) is 24.8 Å². The number of nitro benzene ring substituents is 1. The number of rotatable bonds is 3. The van der Waals surface area contributed by atoms with E-state index >= 15 is 0 Å². The Labute approximate surface area is 158 Å². The Morgan fingerprint density at radius 1 is 1.11 bits per heavy atom. The summed E-state index contributed by atoms with van der Waals surface area (Å²) in [5, 5.41) is 13.9. The Balaban J connectivity index is 1.65. The number of piperazine rings is 1. The molecule has 1 N–H and O–H groups in total. The number of benzene rings is 2. The summed E-state index contributed by atoms with van der Waals surface area (Å²) in [5.74, 6) is -1.59. The van der Waals surface area contributed by atoms with Gasteiger partial charge in [-0.3, -0.25) is 10.1 Å². The maximum Gasteiger partial charge on any atom is 0.322 e. The molecule has 0 spiro atoms. The van der Waals surface area contributed by atoms with Gasteiger partial charge in [0.1, 0.15) is 17.3 Å². The minimum Gasteiger partial charge on any atom is -0.362 e. The lowest BCUT2D eigenvalue weighted by molar-refractivity contribution is -0.384. The van der Waals surface area contributed by atoms with Crippen molar-refractivity contribution in [1.29, 1.82) is 0 Å². The molecular formula is C17H15ClF2N4O3. The van der Waals surface area contributed by atoms with Gasteiger partial charge in [0.05, 0.1) is 10.6 Å². The number of urea groups is 1. The first-order chi connectivity index (χ1) is 12.8. The molecule has 10 heteroatoms. The van der Waals surface area contributed by atoms with Crippen LogP contribution in [-0.2, 0) is 0 Å². The third-order valence-electron chi connectivity index (χ3n) is 4.21. The lowest BCUT2D eigenvalue weighted by Gasteiger charge is -2.35. The van der Waals surface area contributed by atoms with Crippen LogP contribution in [0.4, 0.5) is 30.6 Å². The normalized spacial score (nSPS) is 14.2. The van der Waals surface area contributed by atoms with Crippen LogP contribution in [0.15, 0.2) is 36.4 Å². The van der Waals surface area contributed by atoms with Gasteiger partial charge in [-0.2, -0.15) is 0 Å². The molecule has 1 saturated heterocycles. The van der Waals surface area contributed by atoms with Gasteiger partial charge in [-0.05, 0) is 24.3 Å². The van der Waals surface area contributed by atoms with Crippen molar-refractivity contribution in [1.82, 2.24) is 4.90 Å². The number of halogens is 3. The fraction of sp³-hybridized carbons (Fsp3) is 0.235. The van der Waals surface area contributed by atoms with E-state index in [1.54, 1.807) is 17.0 Å². The number of anilines is 2. The number of amides is 2. The van der Waals surface area contributed by atoms with E-state index in [-0.39, 0.29) is 29.5 Å². The Hall–Kier alpha value is -2.94. The van der Waals surface area contributed by atoms with Crippen LogP contribution in [0.5, 0.6) is 0 Å². The Morgan fingerprint density at radius 2 is 1.81 bits per heavy atom. The van der Waals surface area contributed by atoms with E-state index in [1.165, 1.54) is 11.0 Å². The monoisotopic (exact) mass is 396 g/mol. The molecule has 1 fully saturated rings. The van der Waals surface area contributed by atoms with Gasteiger partial charge in [0.2, 0.25) is 0 Å². The molecule has 0 aliphatic carbocycles. The van der Waals surface area contributed by atoms with E-state index in [0.717, 1.165) is 12.1 Å². The van der Waals surface area contributed by atoms with Crippen LogP contribution in [0.3, 0.4) is 0 Å². The molecule has 0 unspecified atom stereocenters. The molecule has 0 bridgehead atoms. The van der Waals surface area contributed by atoms with Crippen LogP contribution in [0.1, 0.15) is 0 Å². The number of nitro groups is 1. The highest BCUT2D eigenvalue weighted by molar-refractivity contribution is 6.30. The van der Waals surface area contributed by atoms with Crippen LogP contribution >= 0.6 is 11.6 Å². The topological polar surface area (TPSA) is 78.7 Å². The maximum absolute atomic E-state index is 13.7. The largest absolute Gasteiger partial charge is 0.362 e. The molecule has 1 aliphatic heterocycles. The summed E-state index contributed by atoms with van der Waals surface area (Å²) in [4.78, 5) is 26.3. The summed E-state index contributed by atoms with van der Waals surface area (Å²) < 4.78 is 26.6. The van der Waals surface area contributed by atoms with E-state index in [9.17, 15) is 23.7 Å². The molecule has 1 aliphatic rings. The molecular weight excluding hydrogens is 382 g/mol. The zero-order chi connectivity index (χ0) is 19.6. The van der Waals surface area contributed by atoms with Gasteiger partial charge in [-0.15, -0.1) is 0 Å². The predicted octanol–water partition coefficient (Wildman–Crippen LogP) is 3.88. The fourth-order valence-electron chi connectivity index (χ4n) is 2.85. The molecule has 0 aromatic heterocycles. The van der Waals surface area contributed by atoms with Crippen molar-refractivity contribution < 1.29 is 18.5 Å². The SMILES string of the molecule is O=C(Nc1ccc(F)cc1F)N1CCN(c2ccc(Cl)cc2[N+](=O)[O-])CC1. The lowest BCUT2D eigenvalue weighted by atomic mass is 10.2. The van der Waals surface area contributed by atoms with Crippen molar-refractivity contribution in [2.75, 3.05) is 36.4 Å². The molecule has 7 nitrogen and oxygen atoms in total. The van der Waals surface area contributed by atoms with Gasteiger partial charge in [0.15, 0.2) is 0 Å². The number of carbonyl (C=O) groups is 1. The number of hydrogen-bond donors (Lipinski definition) is 1. The lowest BCUT2D eigenvalue weighted by Crippen LogP contribution is -2.50. The van der Waals surface area contributed by atoms with Crippen molar-refractivity contribution in [3.8, 4) is 0 Å². The van der Waals surface area contributed by atoms with Gasteiger partial charge in [0.25, 0.3) is 5.69 Å². The number of hydrogen-bond acceptors (Lipinski definition) is 4. The zero-order valence-electron chi connectivity index (χ0n) is 14.0. The number of nitrogens with zero attached hydrogens (tertiary/aromatic N) is 3. The van der Waals surface area contributed by atoms with E-state index in [4.69, 9.17) is 11.6 Å². The second kappa shape index (κ2) is 7.75. The molecule has 0 atom stereocenters. The Kier molecular flexibility index (Phi) is 5.41. The Morgan fingerprint density at radius 3 is 2.44 bits per heavy atom. The second-order valence-electron chi connectivity index (χ2n) is 5.92. The third-order valence-corrected chi connectivity index (χ3v) is 4.45. The quantitative estimate of drug-likeness (QED) is 0.630. The van der Waals surface area contributed by atoms with Gasteiger partial charge in [-0.1, -0.05) is 11.6 Å². The third kappa shape index (κ3) is 4.25. The molecule has 2 aromatic carbocycles. The highest BCUT2D eigenvalue weighted by Gasteiger charge is 2.26. The first-order valence-corrected chi connectivity index (χ1v) is 8.43. The minimum atomic E-state index is -0.862.